The minimum atomic E-state index is -0.797. The fraction of sp³-hybridized carbons (Fsp3) is 0.500. The van der Waals surface area contributed by atoms with Crippen molar-refractivity contribution in [3.8, 4) is 5.75 Å². The lowest BCUT2D eigenvalue weighted by Gasteiger charge is -2.32. The lowest BCUT2D eigenvalue weighted by atomic mass is 9.63. The number of carbonyl (C=O) groups is 1. The molecule has 0 aliphatic carbocycles. The van der Waals surface area contributed by atoms with Gasteiger partial charge in [-0.2, -0.15) is 0 Å². The van der Waals surface area contributed by atoms with Crippen molar-refractivity contribution in [1.82, 2.24) is 0 Å². The summed E-state index contributed by atoms with van der Waals surface area (Å²) in [5.41, 5.74) is -0.0342. The highest BCUT2D eigenvalue weighted by Crippen LogP contribution is 2.42. The maximum absolute atomic E-state index is 11.9. The lowest BCUT2D eigenvalue weighted by molar-refractivity contribution is -0.114. The highest BCUT2D eigenvalue weighted by atomic mass is 16.7. The standard InChI is InChI=1S/C22H31BO4/c1-8-11-18-12-9-10-13-19(18)25-15-14-22(7,16-24)17(2)23-26-20(3,4)21(5,6)27-23/h8-10,12-13,16H,1-2,11,14-15H2,3-7H3. The molecule has 0 saturated carbocycles. The maximum atomic E-state index is 11.9. The van der Waals surface area contributed by atoms with E-state index in [1.165, 1.54) is 0 Å². The number of allylic oxidation sites excluding steroid dienone is 2. The van der Waals surface area contributed by atoms with Gasteiger partial charge in [-0.05, 0) is 64.6 Å². The molecule has 0 amide bonds. The first-order valence-electron chi connectivity index (χ1n) is 9.39. The summed E-state index contributed by atoms with van der Waals surface area (Å²) in [6, 6.07) is 7.85. The van der Waals surface area contributed by atoms with Gasteiger partial charge >= 0.3 is 7.12 Å². The fourth-order valence-corrected chi connectivity index (χ4v) is 2.89. The van der Waals surface area contributed by atoms with Crippen LogP contribution in [0.3, 0.4) is 0 Å². The molecule has 4 nitrogen and oxygen atoms in total. The third-order valence-electron chi connectivity index (χ3n) is 5.75. The van der Waals surface area contributed by atoms with Crippen LogP contribution in [-0.4, -0.2) is 31.2 Å². The van der Waals surface area contributed by atoms with E-state index in [0.29, 0.717) is 18.5 Å². The molecule has 1 atom stereocenters. The topological polar surface area (TPSA) is 44.8 Å². The van der Waals surface area contributed by atoms with Crippen LogP contribution in [0.1, 0.15) is 46.6 Å². The van der Waals surface area contributed by atoms with E-state index in [0.717, 1.165) is 24.0 Å². The zero-order valence-electron chi connectivity index (χ0n) is 17.2. The van der Waals surface area contributed by atoms with Gasteiger partial charge in [-0.1, -0.05) is 24.3 Å². The van der Waals surface area contributed by atoms with E-state index in [9.17, 15) is 4.79 Å². The van der Waals surface area contributed by atoms with Crippen molar-refractivity contribution in [2.45, 2.75) is 58.7 Å². The van der Waals surface area contributed by atoms with Gasteiger partial charge in [0, 0.05) is 5.41 Å². The molecule has 1 aliphatic heterocycles. The lowest BCUT2D eigenvalue weighted by Crippen LogP contribution is -2.41. The van der Waals surface area contributed by atoms with Gasteiger partial charge in [-0.25, -0.2) is 0 Å². The minimum absolute atomic E-state index is 0.391. The quantitative estimate of drug-likeness (QED) is 0.363. The molecule has 0 N–H and O–H groups in total. The zero-order valence-corrected chi connectivity index (χ0v) is 17.2. The van der Waals surface area contributed by atoms with Crippen molar-refractivity contribution in [3.05, 3.63) is 54.5 Å². The van der Waals surface area contributed by atoms with Gasteiger partial charge in [0.2, 0.25) is 0 Å². The third-order valence-corrected chi connectivity index (χ3v) is 5.75. The van der Waals surface area contributed by atoms with Crippen LogP contribution in [-0.2, 0) is 20.5 Å². The van der Waals surface area contributed by atoms with E-state index in [1.807, 2.05) is 65.0 Å². The summed E-state index contributed by atoms with van der Waals surface area (Å²) in [7, 11) is -0.613. The predicted molar refractivity (Wildman–Crippen MR) is 110 cm³/mol. The summed E-state index contributed by atoms with van der Waals surface area (Å²) < 4.78 is 18.1. The van der Waals surface area contributed by atoms with Crippen molar-refractivity contribution < 1.29 is 18.8 Å². The molecule has 1 saturated heterocycles. The highest BCUT2D eigenvalue weighted by Gasteiger charge is 2.54. The van der Waals surface area contributed by atoms with Crippen molar-refractivity contribution in [1.29, 1.82) is 0 Å². The van der Waals surface area contributed by atoms with E-state index in [1.54, 1.807) is 0 Å². The fourth-order valence-electron chi connectivity index (χ4n) is 2.89. The summed E-state index contributed by atoms with van der Waals surface area (Å²) in [6.07, 6.45) is 3.99. The molecule has 1 heterocycles. The first kappa shape index (κ1) is 21.5. The van der Waals surface area contributed by atoms with Gasteiger partial charge in [0.05, 0.1) is 17.8 Å². The number of ether oxygens (including phenoxy) is 1. The molecule has 0 spiro atoms. The molecule has 1 aromatic rings. The zero-order chi connectivity index (χ0) is 20.3. The predicted octanol–water partition coefficient (Wildman–Crippen LogP) is 4.58. The maximum Gasteiger partial charge on any atom is 0.490 e. The smallest absolute Gasteiger partial charge is 0.490 e. The van der Waals surface area contributed by atoms with Crippen molar-refractivity contribution in [2.75, 3.05) is 6.61 Å². The molecular weight excluding hydrogens is 339 g/mol. The van der Waals surface area contributed by atoms with E-state index >= 15 is 0 Å². The van der Waals surface area contributed by atoms with Crippen LogP contribution in [0.15, 0.2) is 49.0 Å². The van der Waals surface area contributed by atoms with Crippen LogP contribution in [0, 0.1) is 5.41 Å². The Kier molecular flexibility index (Phi) is 6.38. The van der Waals surface area contributed by atoms with Crippen LogP contribution in [0.5, 0.6) is 5.75 Å². The molecule has 1 aliphatic rings. The minimum Gasteiger partial charge on any atom is -0.493 e. The second kappa shape index (κ2) is 8.03. The summed E-state index contributed by atoms with van der Waals surface area (Å²) in [5, 5.41) is 0. The van der Waals surface area contributed by atoms with Gasteiger partial charge in [0.15, 0.2) is 0 Å². The Balaban J connectivity index is 2.04. The van der Waals surface area contributed by atoms with Crippen molar-refractivity contribution in [3.63, 3.8) is 0 Å². The number of carbonyl (C=O) groups excluding carboxylic acids is 1. The Hall–Kier alpha value is -1.85. The second-order valence-corrected chi connectivity index (χ2v) is 8.35. The van der Waals surface area contributed by atoms with Gasteiger partial charge < -0.3 is 18.8 Å². The number of rotatable bonds is 9. The normalized spacial score (nSPS) is 20.0. The van der Waals surface area contributed by atoms with Gasteiger partial charge in [-0.3, -0.25) is 0 Å². The van der Waals surface area contributed by atoms with Crippen LogP contribution in [0.25, 0.3) is 0 Å². The number of aldehydes is 1. The Labute approximate surface area is 163 Å². The Morgan fingerprint density at radius 1 is 1.22 bits per heavy atom. The summed E-state index contributed by atoms with van der Waals surface area (Å²) in [6.45, 7) is 18.1. The summed E-state index contributed by atoms with van der Waals surface area (Å²) in [4.78, 5) is 11.9. The number of hydrogen-bond acceptors (Lipinski definition) is 4. The van der Waals surface area contributed by atoms with Crippen LogP contribution < -0.4 is 4.74 Å². The van der Waals surface area contributed by atoms with Crippen LogP contribution in [0.4, 0.5) is 0 Å². The molecule has 1 aromatic carbocycles. The number of benzene rings is 1. The molecular formula is C22H31BO4. The van der Waals surface area contributed by atoms with Gasteiger partial charge in [0.1, 0.15) is 12.0 Å². The molecule has 2 rings (SSSR count). The molecule has 5 heteroatoms. The molecule has 0 radical (unpaired) electrons. The van der Waals surface area contributed by atoms with Crippen molar-refractivity contribution in [2.24, 2.45) is 5.41 Å². The Bertz CT molecular complexity index is 694. The molecule has 0 bridgehead atoms. The summed E-state index contributed by atoms with van der Waals surface area (Å²) in [5.74, 6) is 0.812. The first-order chi connectivity index (χ1) is 12.6. The molecule has 1 unspecified atom stereocenters. The van der Waals surface area contributed by atoms with Crippen LogP contribution >= 0.6 is 0 Å². The number of para-hydroxylation sites is 1. The van der Waals surface area contributed by atoms with E-state index in [4.69, 9.17) is 14.0 Å². The van der Waals surface area contributed by atoms with Crippen molar-refractivity contribution >= 4 is 13.4 Å². The monoisotopic (exact) mass is 370 g/mol. The van der Waals surface area contributed by atoms with E-state index in [2.05, 4.69) is 13.2 Å². The molecule has 146 valence electrons. The average Bonchev–Trinajstić information content (AvgIpc) is 2.83. The molecule has 1 fully saturated rings. The van der Waals surface area contributed by atoms with Crippen LogP contribution in [0.2, 0.25) is 0 Å². The SMILES string of the molecule is C=CCc1ccccc1OCCC(C)(C=O)C(=C)B1OC(C)(C)C(C)(C)O1. The Morgan fingerprint density at radius 3 is 2.37 bits per heavy atom. The first-order valence-corrected chi connectivity index (χ1v) is 9.39. The second-order valence-electron chi connectivity index (χ2n) is 8.35. The Morgan fingerprint density at radius 2 is 1.81 bits per heavy atom. The molecule has 0 aromatic heterocycles. The average molecular weight is 370 g/mol. The number of hydrogen-bond donors (Lipinski definition) is 0. The van der Waals surface area contributed by atoms with Gasteiger partial charge in [-0.15, -0.1) is 13.2 Å². The third kappa shape index (κ3) is 4.53. The summed E-state index contributed by atoms with van der Waals surface area (Å²) >= 11 is 0. The molecule has 27 heavy (non-hydrogen) atoms. The van der Waals surface area contributed by atoms with E-state index in [-0.39, 0.29) is 0 Å². The van der Waals surface area contributed by atoms with Gasteiger partial charge in [0.25, 0.3) is 0 Å². The largest absolute Gasteiger partial charge is 0.493 e. The highest BCUT2D eigenvalue weighted by molar-refractivity contribution is 6.55. The van der Waals surface area contributed by atoms with E-state index < -0.39 is 23.7 Å².